The van der Waals surface area contributed by atoms with Gasteiger partial charge < -0.3 is 19.3 Å². The largest absolute Gasteiger partial charge is 0.471 e. The second-order valence-electron chi connectivity index (χ2n) is 7.61. The molecule has 0 radical (unpaired) electrons. The minimum Gasteiger partial charge on any atom is -0.471 e. The molecule has 2 aliphatic heterocycles. The van der Waals surface area contributed by atoms with E-state index in [9.17, 15) is 4.79 Å². The molecule has 1 atom stereocenters. The zero-order chi connectivity index (χ0) is 20.5. The van der Waals surface area contributed by atoms with Gasteiger partial charge in [0, 0.05) is 51.4 Å². The number of hydrogen-bond acceptors (Lipinski definition) is 8. The third kappa shape index (κ3) is 3.68. The molecule has 9 heteroatoms. The summed E-state index contributed by atoms with van der Waals surface area (Å²) in [4.78, 5) is 24.9. The SMILES string of the molecule is Cn1nc(N2CCN(c3ccc4ncnc(OC5CCOC5)c4c3)CC2)ccc1=O. The normalized spacial score (nSPS) is 19.4. The molecule has 156 valence electrons. The van der Waals surface area contributed by atoms with Crippen LogP contribution in [-0.4, -0.2) is 65.2 Å². The minimum absolute atomic E-state index is 0.0460. The van der Waals surface area contributed by atoms with Crippen molar-refractivity contribution in [3.63, 3.8) is 0 Å². The van der Waals surface area contributed by atoms with Crippen molar-refractivity contribution in [3.8, 4) is 5.88 Å². The monoisotopic (exact) mass is 408 g/mol. The molecule has 1 unspecified atom stereocenters. The van der Waals surface area contributed by atoms with Gasteiger partial charge in [-0.15, -0.1) is 0 Å². The van der Waals surface area contributed by atoms with Crippen molar-refractivity contribution in [1.29, 1.82) is 0 Å². The van der Waals surface area contributed by atoms with Gasteiger partial charge in [-0.05, 0) is 24.3 Å². The van der Waals surface area contributed by atoms with Crippen molar-refractivity contribution in [2.45, 2.75) is 12.5 Å². The number of piperazine rings is 1. The van der Waals surface area contributed by atoms with Crippen LogP contribution in [0.5, 0.6) is 5.88 Å². The molecule has 0 bridgehead atoms. The Morgan fingerprint density at radius 2 is 1.90 bits per heavy atom. The molecule has 2 fully saturated rings. The van der Waals surface area contributed by atoms with E-state index in [4.69, 9.17) is 9.47 Å². The first-order valence-corrected chi connectivity index (χ1v) is 10.2. The standard InChI is InChI=1S/C21H24N6O3/c1-25-20(28)5-4-19(24-25)27-9-7-26(8-10-27)15-2-3-18-17(12-15)21(23-14-22-18)30-16-6-11-29-13-16/h2-5,12,14,16H,6-11,13H2,1H3. The molecule has 0 amide bonds. The Hall–Kier alpha value is -3.20. The van der Waals surface area contributed by atoms with E-state index < -0.39 is 0 Å². The van der Waals surface area contributed by atoms with E-state index in [0.29, 0.717) is 12.5 Å². The molecule has 9 nitrogen and oxygen atoms in total. The summed E-state index contributed by atoms with van der Waals surface area (Å²) in [5, 5.41) is 5.28. The zero-order valence-electron chi connectivity index (χ0n) is 16.9. The van der Waals surface area contributed by atoms with Gasteiger partial charge in [0.1, 0.15) is 18.2 Å². The maximum atomic E-state index is 11.6. The fourth-order valence-electron chi connectivity index (χ4n) is 3.93. The summed E-state index contributed by atoms with van der Waals surface area (Å²) in [5.41, 5.74) is 1.89. The van der Waals surface area contributed by atoms with Crippen molar-refractivity contribution in [1.82, 2.24) is 19.7 Å². The van der Waals surface area contributed by atoms with Gasteiger partial charge in [-0.25, -0.2) is 14.6 Å². The van der Waals surface area contributed by atoms with Gasteiger partial charge in [0.2, 0.25) is 5.88 Å². The summed E-state index contributed by atoms with van der Waals surface area (Å²) in [7, 11) is 1.68. The molecule has 0 N–H and O–H groups in total. The Morgan fingerprint density at radius 1 is 1.07 bits per heavy atom. The van der Waals surface area contributed by atoms with Crippen molar-refractivity contribution >= 4 is 22.4 Å². The first-order valence-electron chi connectivity index (χ1n) is 10.2. The number of rotatable bonds is 4. The lowest BCUT2D eigenvalue weighted by molar-refractivity contribution is 0.139. The number of hydrogen-bond donors (Lipinski definition) is 0. The highest BCUT2D eigenvalue weighted by atomic mass is 16.5. The Balaban J connectivity index is 1.33. The quantitative estimate of drug-likeness (QED) is 0.637. The van der Waals surface area contributed by atoms with Crippen LogP contribution in [0.15, 0.2) is 41.5 Å². The summed E-state index contributed by atoms with van der Waals surface area (Å²) in [5.74, 6) is 1.45. The summed E-state index contributed by atoms with van der Waals surface area (Å²) in [6.45, 7) is 4.71. The van der Waals surface area contributed by atoms with Gasteiger partial charge in [0.25, 0.3) is 5.56 Å². The predicted octanol–water partition coefficient (Wildman–Crippen LogP) is 1.22. The van der Waals surface area contributed by atoms with Gasteiger partial charge in [0.05, 0.1) is 24.1 Å². The van der Waals surface area contributed by atoms with Gasteiger partial charge >= 0.3 is 0 Å². The number of nitrogens with zero attached hydrogens (tertiary/aromatic N) is 6. The Bertz CT molecular complexity index is 1100. The molecule has 2 aromatic heterocycles. The lowest BCUT2D eigenvalue weighted by atomic mass is 10.2. The number of fused-ring (bicyclic) bond motifs is 1. The van der Waals surface area contributed by atoms with E-state index in [1.165, 1.54) is 4.68 Å². The lowest BCUT2D eigenvalue weighted by Crippen LogP contribution is -2.47. The van der Waals surface area contributed by atoms with E-state index in [0.717, 1.165) is 61.6 Å². The van der Waals surface area contributed by atoms with Gasteiger partial charge in [-0.2, -0.15) is 5.10 Å². The van der Waals surface area contributed by atoms with Crippen molar-refractivity contribution in [2.24, 2.45) is 7.05 Å². The number of benzene rings is 1. The van der Waals surface area contributed by atoms with E-state index >= 15 is 0 Å². The fraction of sp³-hybridized carbons (Fsp3) is 0.429. The van der Waals surface area contributed by atoms with Crippen LogP contribution in [0, 0.1) is 0 Å². The zero-order valence-corrected chi connectivity index (χ0v) is 16.9. The van der Waals surface area contributed by atoms with Crippen LogP contribution in [0.1, 0.15) is 6.42 Å². The van der Waals surface area contributed by atoms with Crippen LogP contribution in [0.3, 0.4) is 0 Å². The molecule has 2 saturated heterocycles. The van der Waals surface area contributed by atoms with E-state index in [1.54, 1.807) is 25.5 Å². The molecule has 4 heterocycles. The van der Waals surface area contributed by atoms with Crippen LogP contribution in [-0.2, 0) is 11.8 Å². The predicted molar refractivity (Wildman–Crippen MR) is 113 cm³/mol. The molecule has 3 aromatic rings. The van der Waals surface area contributed by atoms with Crippen molar-refractivity contribution in [2.75, 3.05) is 49.2 Å². The second kappa shape index (κ2) is 7.91. The van der Waals surface area contributed by atoms with E-state index in [-0.39, 0.29) is 11.7 Å². The highest BCUT2D eigenvalue weighted by Gasteiger charge is 2.21. The van der Waals surface area contributed by atoms with E-state index in [2.05, 4.69) is 37.0 Å². The topological polar surface area (TPSA) is 85.6 Å². The summed E-state index contributed by atoms with van der Waals surface area (Å²) >= 11 is 0. The Labute approximate surface area is 173 Å². The van der Waals surface area contributed by atoms with Crippen LogP contribution in [0.4, 0.5) is 11.5 Å². The van der Waals surface area contributed by atoms with Crippen LogP contribution >= 0.6 is 0 Å². The maximum absolute atomic E-state index is 11.6. The fourth-order valence-corrected chi connectivity index (χ4v) is 3.93. The van der Waals surface area contributed by atoms with Gasteiger partial charge in [-0.1, -0.05) is 0 Å². The number of aromatic nitrogens is 4. The maximum Gasteiger partial charge on any atom is 0.266 e. The van der Waals surface area contributed by atoms with Crippen LogP contribution in [0.2, 0.25) is 0 Å². The van der Waals surface area contributed by atoms with Gasteiger partial charge in [-0.3, -0.25) is 4.79 Å². The lowest BCUT2D eigenvalue weighted by Gasteiger charge is -2.36. The molecule has 2 aliphatic rings. The number of ether oxygens (including phenoxy) is 2. The average molecular weight is 408 g/mol. The molecular weight excluding hydrogens is 384 g/mol. The van der Waals surface area contributed by atoms with Crippen molar-refractivity contribution < 1.29 is 9.47 Å². The summed E-state index contributed by atoms with van der Waals surface area (Å²) in [6.07, 6.45) is 2.47. The molecule has 30 heavy (non-hydrogen) atoms. The highest BCUT2D eigenvalue weighted by molar-refractivity contribution is 5.86. The molecule has 5 rings (SSSR count). The summed E-state index contributed by atoms with van der Waals surface area (Å²) < 4.78 is 12.9. The Morgan fingerprint density at radius 3 is 2.67 bits per heavy atom. The molecular formula is C21H24N6O3. The molecule has 0 saturated carbocycles. The van der Waals surface area contributed by atoms with E-state index in [1.807, 2.05) is 6.07 Å². The number of anilines is 2. The first kappa shape index (κ1) is 18.8. The third-order valence-corrected chi connectivity index (χ3v) is 5.66. The summed E-state index contributed by atoms with van der Waals surface area (Å²) in [6, 6.07) is 9.58. The van der Waals surface area contributed by atoms with Gasteiger partial charge in [0.15, 0.2) is 0 Å². The third-order valence-electron chi connectivity index (χ3n) is 5.66. The molecule has 0 aliphatic carbocycles. The smallest absolute Gasteiger partial charge is 0.266 e. The van der Waals surface area contributed by atoms with Crippen LogP contribution in [0.25, 0.3) is 10.9 Å². The molecule has 0 spiro atoms. The average Bonchev–Trinajstić information content (AvgIpc) is 3.29. The second-order valence-corrected chi connectivity index (χ2v) is 7.61. The molecule has 1 aromatic carbocycles. The first-order chi connectivity index (χ1) is 14.7. The van der Waals surface area contributed by atoms with Crippen LogP contribution < -0.4 is 20.1 Å². The highest BCUT2D eigenvalue weighted by Crippen LogP contribution is 2.29. The number of aryl methyl sites for hydroxylation is 1. The van der Waals surface area contributed by atoms with Crippen molar-refractivity contribution in [3.05, 3.63) is 47.0 Å². The minimum atomic E-state index is -0.0991. The Kier molecular flexibility index (Phi) is 4.96.